The minimum atomic E-state index is -0.267. The average Bonchev–Trinajstić information content (AvgIpc) is 2.54. The summed E-state index contributed by atoms with van der Waals surface area (Å²) in [6, 6.07) is 14.6. The highest BCUT2D eigenvalue weighted by Crippen LogP contribution is 2.08. The van der Waals surface area contributed by atoms with E-state index in [1.165, 1.54) is 11.6 Å². The van der Waals surface area contributed by atoms with Crippen molar-refractivity contribution >= 4 is 5.91 Å². The molecule has 22 heavy (non-hydrogen) atoms. The van der Waals surface area contributed by atoms with Crippen LogP contribution >= 0.6 is 0 Å². The summed E-state index contributed by atoms with van der Waals surface area (Å²) in [6.45, 7) is 2.29. The third-order valence-electron chi connectivity index (χ3n) is 3.40. The minimum absolute atomic E-state index is 0.238. The van der Waals surface area contributed by atoms with E-state index in [1.807, 2.05) is 30.3 Å². The lowest BCUT2D eigenvalue weighted by atomic mass is 10.1. The van der Waals surface area contributed by atoms with Crippen molar-refractivity contribution in [2.45, 2.75) is 13.3 Å². The van der Waals surface area contributed by atoms with Crippen molar-refractivity contribution in [2.24, 2.45) is 0 Å². The van der Waals surface area contributed by atoms with E-state index in [9.17, 15) is 9.18 Å². The van der Waals surface area contributed by atoms with Crippen LogP contribution in [0.1, 0.15) is 16.7 Å². The molecule has 0 atom stereocenters. The van der Waals surface area contributed by atoms with Gasteiger partial charge < -0.3 is 4.90 Å². The number of hydrogen-bond acceptors (Lipinski definition) is 1. The van der Waals surface area contributed by atoms with Crippen molar-refractivity contribution in [3.05, 3.63) is 71.0 Å². The normalized spacial score (nSPS) is 9.77. The fraction of sp³-hybridized carbons (Fsp3) is 0.211. The third kappa shape index (κ3) is 4.46. The monoisotopic (exact) mass is 295 g/mol. The Bertz CT molecular complexity index is 713. The van der Waals surface area contributed by atoms with Gasteiger partial charge in [0.1, 0.15) is 5.82 Å². The van der Waals surface area contributed by atoms with E-state index in [0.29, 0.717) is 17.7 Å². The number of carbonyl (C=O) groups is 1. The smallest absolute Gasteiger partial charge is 0.298 e. The molecule has 0 aliphatic heterocycles. The lowest BCUT2D eigenvalue weighted by Gasteiger charge is -2.13. The van der Waals surface area contributed by atoms with Gasteiger partial charge in [-0.3, -0.25) is 4.79 Å². The maximum Gasteiger partial charge on any atom is 0.298 e. The van der Waals surface area contributed by atoms with Gasteiger partial charge in [0, 0.05) is 25.1 Å². The fourth-order valence-electron chi connectivity index (χ4n) is 1.99. The summed E-state index contributed by atoms with van der Waals surface area (Å²) in [5.41, 5.74) is 2.35. The van der Waals surface area contributed by atoms with Crippen LogP contribution in [0.3, 0.4) is 0 Å². The van der Waals surface area contributed by atoms with Crippen molar-refractivity contribution in [3.63, 3.8) is 0 Å². The van der Waals surface area contributed by atoms with Gasteiger partial charge in [-0.1, -0.05) is 36.3 Å². The van der Waals surface area contributed by atoms with Gasteiger partial charge >= 0.3 is 0 Å². The molecule has 3 heteroatoms. The molecule has 0 fully saturated rings. The summed E-state index contributed by atoms with van der Waals surface area (Å²) in [5, 5.41) is 0. The van der Waals surface area contributed by atoms with Crippen molar-refractivity contribution in [1.29, 1.82) is 0 Å². The van der Waals surface area contributed by atoms with Crippen molar-refractivity contribution in [2.75, 3.05) is 13.6 Å². The van der Waals surface area contributed by atoms with Crippen molar-refractivity contribution < 1.29 is 9.18 Å². The summed E-state index contributed by atoms with van der Waals surface area (Å²) in [4.78, 5) is 13.6. The zero-order chi connectivity index (χ0) is 15.9. The van der Waals surface area contributed by atoms with Gasteiger partial charge in [-0.15, -0.1) is 0 Å². The second kappa shape index (κ2) is 7.42. The quantitative estimate of drug-likeness (QED) is 0.796. The number of amides is 1. The van der Waals surface area contributed by atoms with Gasteiger partial charge in [0.25, 0.3) is 5.91 Å². The average molecular weight is 295 g/mol. The van der Waals surface area contributed by atoms with Crippen molar-refractivity contribution in [1.82, 2.24) is 4.90 Å². The number of halogens is 1. The number of benzene rings is 2. The lowest BCUT2D eigenvalue weighted by Crippen LogP contribution is -2.27. The van der Waals surface area contributed by atoms with Crippen LogP contribution < -0.4 is 0 Å². The van der Waals surface area contributed by atoms with Gasteiger partial charge in [-0.2, -0.15) is 0 Å². The van der Waals surface area contributed by atoms with Gasteiger partial charge in [0.15, 0.2) is 0 Å². The summed E-state index contributed by atoms with van der Waals surface area (Å²) >= 11 is 0. The van der Waals surface area contributed by atoms with Crippen LogP contribution in [-0.4, -0.2) is 24.4 Å². The zero-order valence-electron chi connectivity index (χ0n) is 12.8. The molecule has 0 bridgehead atoms. The molecule has 0 N–H and O–H groups in total. The van der Waals surface area contributed by atoms with Gasteiger partial charge in [-0.05, 0) is 42.7 Å². The Balaban J connectivity index is 1.94. The van der Waals surface area contributed by atoms with E-state index < -0.39 is 0 Å². The van der Waals surface area contributed by atoms with Gasteiger partial charge in [0.2, 0.25) is 0 Å². The third-order valence-corrected chi connectivity index (χ3v) is 3.40. The highest BCUT2D eigenvalue weighted by atomic mass is 19.1. The van der Waals surface area contributed by atoms with E-state index in [0.717, 1.165) is 6.42 Å². The van der Waals surface area contributed by atoms with Crippen LogP contribution in [0.4, 0.5) is 4.39 Å². The number of carbonyl (C=O) groups excluding carboxylic acids is 1. The molecule has 0 radical (unpaired) electrons. The van der Waals surface area contributed by atoms with Crippen LogP contribution in [0.25, 0.3) is 0 Å². The second-order valence-electron chi connectivity index (χ2n) is 5.18. The molecular formula is C19H18FNO. The van der Waals surface area contributed by atoms with Crippen LogP contribution in [0, 0.1) is 24.6 Å². The van der Waals surface area contributed by atoms with E-state index in [-0.39, 0.29) is 11.7 Å². The van der Waals surface area contributed by atoms with E-state index >= 15 is 0 Å². The standard InChI is InChI=1S/C19H18FNO/c1-15-14-17(8-10-18(15)20)9-11-19(22)21(2)13-12-16-6-4-3-5-7-16/h3-8,10,14H,12-13H2,1-2H3. The topological polar surface area (TPSA) is 20.3 Å². The molecule has 1 amide bonds. The Labute approximate surface area is 130 Å². The molecular weight excluding hydrogens is 277 g/mol. The minimum Gasteiger partial charge on any atom is -0.335 e. The molecule has 0 aliphatic carbocycles. The summed E-state index contributed by atoms with van der Waals surface area (Å²) in [7, 11) is 1.73. The summed E-state index contributed by atoms with van der Waals surface area (Å²) in [5.74, 6) is 4.88. The van der Waals surface area contributed by atoms with Crippen LogP contribution in [0.15, 0.2) is 48.5 Å². The lowest BCUT2D eigenvalue weighted by molar-refractivity contribution is -0.123. The van der Waals surface area contributed by atoms with Crippen LogP contribution in [0.2, 0.25) is 0 Å². The summed E-state index contributed by atoms with van der Waals surface area (Å²) in [6.07, 6.45) is 0.792. The van der Waals surface area contributed by atoms with E-state index in [1.54, 1.807) is 31.0 Å². The Hall–Kier alpha value is -2.60. The first-order valence-electron chi connectivity index (χ1n) is 7.13. The first-order chi connectivity index (χ1) is 10.6. The highest BCUT2D eigenvalue weighted by Gasteiger charge is 2.05. The molecule has 2 nitrogen and oxygen atoms in total. The maximum absolute atomic E-state index is 13.2. The second-order valence-corrected chi connectivity index (χ2v) is 5.18. The largest absolute Gasteiger partial charge is 0.335 e. The van der Waals surface area contributed by atoms with E-state index in [4.69, 9.17) is 0 Å². The molecule has 0 unspecified atom stereocenters. The molecule has 0 spiro atoms. The predicted molar refractivity (Wildman–Crippen MR) is 85.8 cm³/mol. The number of likely N-dealkylation sites (N-methyl/N-ethyl adjacent to an activating group) is 1. The van der Waals surface area contributed by atoms with Crippen LogP contribution in [0.5, 0.6) is 0 Å². The Morgan fingerprint density at radius 3 is 2.59 bits per heavy atom. The Kier molecular flexibility index (Phi) is 5.32. The Morgan fingerprint density at radius 2 is 1.91 bits per heavy atom. The fourth-order valence-corrected chi connectivity index (χ4v) is 1.99. The predicted octanol–water partition coefficient (Wildman–Crippen LogP) is 3.19. The highest BCUT2D eigenvalue weighted by molar-refractivity contribution is 5.93. The van der Waals surface area contributed by atoms with Gasteiger partial charge in [0.05, 0.1) is 0 Å². The maximum atomic E-state index is 13.2. The number of aryl methyl sites for hydroxylation is 1. The molecule has 0 heterocycles. The van der Waals surface area contributed by atoms with Crippen molar-refractivity contribution in [3.8, 4) is 11.8 Å². The molecule has 0 saturated carbocycles. The van der Waals surface area contributed by atoms with E-state index in [2.05, 4.69) is 11.8 Å². The molecule has 0 aromatic heterocycles. The Morgan fingerprint density at radius 1 is 1.18 bits per heavy atom. The zero-order valence-corrected chi connectivity index (χ0v) is 12.8. The number of nitrogens with zero attached hydrogens (tertiary/aromatic N) is 1. The molecule has 2 rings (SSSR count). The first-order valence-corrected chi connectivity index (χ1v) is 7.13. The molecule has 2 aromatic carbocycles. The number of rotatable bonds is 3. The molecule has 2 aromatic rings. The van der Waals surface area contributed by atoms with Crippen LogP contribution in [-0.2, 0) is 11.2 Å². The summed E-state index contributed by atoms with van der Waals surface area (Å²) < 4.78 is 13.2. The first kappa shape index (κ1) is 15.8. The molecule has 0 aliphatic rings. The van der Waals surface area contributed by atoms with Gasteiger partial charge in [-0.25, -0.2) is 4.39 Å². The number of hydrogen-bond donors (Lipinski definition) is 0. The SMILES string of the molecule is Cc1cc(C#CC(=O)N(C)CCc2ccccc2)ccc1F. The molecule has 0 saturated heterocycles. The molecule has 112 valence electrons.